The van der Waals surface area contributed by atoms with Crippen LogP contribution in [-0.4, -0.2) is 23.4 Å². The van der Waals surface area contributed by atoms with E-state index in [4.69, 9.17) is 5.73 Å². The minimum atomic E-state index is -0.490. The van der Waals surface area contributed by atoms with E-state index in [1.807, 2.05) is 30.3 Å². The summed E-state index contributed by atoms with van der Waals surface area (Å²) in [5.41, 5.74) is 6.34. The van der Waals surface area contributed by atoms with Crippen molar-refractivity contribution in [1.29, 1.82) is 0 Å². The van der Waals surface area contributed by atoms with Gasteiger partial charge in [0.2, 0.25) is 0 Å². The standard InChI is InChI=1S/C13H21NO2/c14-8-4-5-11(10-15)9-13(16)12-6-2-1-3-7-12/h1-3,6-7,11,13,15-16H,4-5,8-10,14H2. The van der Waals surface area contributed by atoms with Gasteiger partial charge in [0.1, 0.15) is 0 Å². The summed E-state index contributed by atoms with van der Waals surface area (Å²) in [6.07, 6.45) is 1.88. The summed E-state index contributed by atoms with van der Waals surface area (Å²) in [7, 11) is 0. The van der Waals surface area contributed by atoms with Crippen molar-refractivity contribution in [3.05, 3.63) is 35.9 Å². The van der Waals surface area contributed by atoms with Crippen molar-refractivity contribution in [2.45, 2.75) is 25.4 Å². The highest BCUT2D eigenvalue weighted by atomic mass is 16.3. The van der Waals surface area contributed by atoms with Crippen molar-refractivity contribution in [2.75, 3.05) is 13.2 Å². The summed E-state index contributed by atoms with van der Waals surface area (Å²) in [6, 6.07) is 9.55. The van der Waals surface area contributed by atoms with Gasteiger partial charge in [0, 0.05) is 6.61 Å². The predicted octanol–water partition coefficient (Wildman–Crippen LogP) is 1.46. The lowest BCUT2D eigenvalue weighted by molar-refractivity contribution is 0.112. The van der Waals surface area contributed by atoms with Crippen LogP contribution in [0.2, 0.25) is 0 Å². The Morgan fingerprint density at radius 2 is 1.88 bits per heavy atom. The Hall–Kier alpha value is -0.900. The Balaban J connectivity index is 2.45. The number of hydrogen-bond acceptors (Lipinski definition) is 3. The van der Waals surface area contributed by atoms with Crippen molar-refractivity contribution < 1.29 is 10.2 Å². The minimum absolute atomic E-state index is 0.115. The molecule has 0 spiro atoms. The smallest absolute Gasteiger partial charge is 0.0793 e. The van der Waals surface area contributed by atoms with Gasteiger partial charge in [-0.05, 0) is 37.3 Å². The van der Waals surface area contributed by atoms with E-state index in [9.17, 15) is 10.2 Å². The average molecular weight is 223 g/mol. The van der Waals surface area contributed by atoms with Crippen molar-refractivity contribution in [1.82, 2.24) is 0 Å². The molecule has 0 radical (unpaired) electrons. The van der Waals surface area contributed by atoms with E-state index in [-0.39, 0.29) is 12.5 Å². The molecule has 0 saturated carbocycles. The Labute approximate surface area is 96.9 Å². The second-order valence-corrected chi connectivity index (χ2v) is 4.14. The molecule has 0 heterocycles. The molecule has 0 fully saturated rings. The van der Waals surface area contributed by atoms with E-state index in [1.165, 1.54) is 0 Å². The van der Waals surface area contributed by atoms with E-state index < -0.39 is 6.10 Å². The van der Waals surface area contributed by atoms with Gasteiger partial charge in [-0.2, -0.15) is 0 Å². The van der Waals surface area contributed by atoms with E-state index in [0.717, 1.165) is 18.4 Å². The van der Waals surface area contributed by atoms with Gasteiger partial charge in [-0.3, -0.25) is 0 Å². The molecule has 0 saturated heterocycles. The van der Waals surface area contributed by atoms with Gasteiger partial charge in [-0.15, -0.1) is 0 Å². The molecule has 16 heavy (non-hydrogen) atoms. The molecule has 3 heteroatoms. The van der Waals surface area contributed by atoms with Gasteiger partial charge in [0.05, 0.1) is 6.10 Å². The number of benzene rings is 1. The lowest BCUT2D eigenvalue weighted by atomic mass is 9.94. The Bertz CT molecular complexity index is 277. The summed E-state index contributed by atoms with van der Waals surface area (Å²) >= 11 is 0. The molecule has 0 aliphatic carbocycles. The van der Waals surface area contributed by atoms with Crippen molar-refractivity contribution in [3.8, 4) is 0 Å². The summed E-state index contributed by atoms with van der Waals surface area (Å²) in [5.74, 6) is 0.138. The fourth-order valence-corrected chi connectivity index (χ4v) is 1.82. The Kier molecular flexibility index (Phi) is 6.08. The van der Waals surface area contributed by atoms with Gasteiger partial charge in [0.15, 0.2) is 0 Å². The van der Waals surface area contributed by atoms with E-state index >= 15 is 0 Å². The SMILES string of the molecule is NCCCC(CO)CC(O)c1ccccc1. The molecule has 0 amide bonds. The first-order valence-corrected chi connectivity index (χ1v) is 5.82. The maximum Gasteiger partial charge on any atom is 0.0793 e. The molecule has 0 aliphatic rings. The highest BCUT2D eigenvalue weighted by molar-refractivity contribution is 5.17. The summed E-state index contributed by atoms with van der Waals surface area (Å²) in [5, 5.41) is 19.2. The van der Waals surface area contributed by atoms with Crippen LogP contribution in [0, 0.1) is 5.92 Å². The zero-order valence-corrected chi connectivity index (χ0v) is 9.55. The van der Waals surface area contributed by atoms with Crippen LogP contribution in [0.3, 0.4) is 0 Å². The third-order valence-corrected chi connectivity index (χ3v) is 2.82. The molecule has 2 unspecified atom stereocenters. The van der Waals surface area contributed by atoms with Gasteiger partial charge in [-0.1, -0.05) is 30.3 Å². The number of aliphatic hydroxyl groups is 2. The maximum absolute atomic E-state index is 9.98. The number of hydrogen-bond donors (Lipinski definition) is 3. The van der Waals surface area contributed by atoms with Crippen LogP contribution < -0.4 is 5.73 Å². The van der Waals surface area contributed by atoms with Crippen molar-refractivity contribution in [3.63, 3.8) is 0 Å². The molecule has 0 aromatic heterocycles. The van der Waals surface area contributed by atoms with Crippen LogP contribution >= 0.6 is 0 Å². The third kappa shape index (κ3) is 4.31. The van der Waals surface area contributed by atoms with Crippen LogP contribution in [-0.2, 0) is 0 Å². The molecular weight excluding hydrogens is 202 g/mol. The molecule has 0 bridgehead atoms. The lowest BCUT2D eigenvalue weighted by Gasteiger charge is -2.18. The Morgan fingerprint density at radius 1 is 1.19 bits per heavy atom. The first-order valence-electron chi connectivity index (χ1n) is 5.82. The molecule has 1 rings (SSSR count). The van der Waals surface area contributed by atoms with Crippen LogP contribution in [0.15, 0.2) is 30.3 Å². The monoisotopic (exact) mass is 223 g/mol. The van der Waals surface area contributed by atoms with Crippen LogP contribution in [0.5, 0.6) is 0 Å². The van der Waals surface area contributed by atoms with Gasteiger partial charge in [0.25, 0.3) is 0 Å². The zero-order valence-electron chi connectivity index (χ0n) is 9.55. The predicted molar refractivity (Wildman–Crippen MR) is 64.9 cm³/mol. The van der Waals surface area contributed by atoms with Crippen LogP contribution in [0.4, 0.5) is 0 Å². The maximum atomic E-state index is 9.98. The lowest BCUT2D eigenvalue weighted by Crippen LogP contribution is -2.13. The first kappa shape index (κ1) is 13.2. The number of nitrogens with two attached hydrogens (primary N) is 1. The normalized spacial score (nSPS) is 14.7. The quantitative estimate of drug-likeness (QED) is 0.655. The molecule has 1 aromatic rings. The number of aliphatic hydroxyl groups excluding tert-OH is 2. The Morgan fingerprint density at radius 3 is 2.44 bits per heavy atom. The molecular formula is C13H21NO2. The first-order chi connectivity index (χ1) is 7.77. The second kappa shape index (κ2) is 7.39. The zero-order chi connectivity index (χ0) is 11.8. The van der Waals surface area contributed by atoms with E-state index in [2.05, 4.69) is 0 Å². The second-order valence-electron chi connectivity index (χ2n) is 4.14. The molecule has 4 N–H and O–H groups in total. The molecule has 0 aliphatic heterocycles. The fourth-order valence-electron chi connectivity index (χ4n) is 1.82. The largest absolute Gasteiger partial charge is 0.396 e. The van der Waals surface area contributed by atoms with Crippen molar-refractivity contribution in [2.24, 2.45) is 11.7 Å². The van der Waals surface area contributed by atoms with Gasteiger partial charge in [-0.25, -0.2) is 0 Å². The highest BCUT2D eigenvalue weighted by Crippen LogP contribution is 2.23. The summed E-state index contributed by atoms with van der Waals surface area (Å²) in [4.78, 5) is 0. The van der Waals surface area contributed by atoms with Crippen LogP contribution in [0.1, 0.15) is 30.9 Å². The summed E-state index contributed by atoms with van der Waals surface area (Å²) < 4.78 is 0. The molecule has 3 nitrogen and oxygen atoms in total. The number of rotatable bonds is 7. The highest BCUT2D eigenvalue weighted by Gasteiger charge is 2.14. The summed E-state index contributed by atoms with van der Waals surface area (Å²) in [6.45, 7) is 0.752. The molecule has 90 valence electrons. The van der Waals surface area contributed by atoms with E-state index in [1.54, 1.807) is 0 Å². The van der Waals surface area contributed by atoms with Gasteiger partial charge >= 0.3 is 0 Å². The molecule has 1 aromatic carbocycles. The van der Waals surface area contributed by atoms with E-state index in [0.29, 0.717) is 13.0 Å². The topological polar surface area (TPSA) is 66.5 Å². The third-order valence-electron chi connectivity index (χ3n) is 2.82. The average Bonchev–Trinajstić information content (AvgIpc) is 2.35. The van der Waals surface area contributed by atoms with Crippen molar-refractivity contribution >= 4 is 0 Å². The molecule has 2 atom stereocenters. The fraction of sp³-hybridized carbons (Fsp3) is 0.538. The van der Waals surface area contributed by atoms with Crippen LogP contribution in [0.25, 0.3) is 0 Å². The van der Waals surface area contributed by atoms with Gasteiger partial charge < -0.3 is 15.9 Å². The minimum Gasteiger partial charge on any atom is -0.396 e.